The largest absolute Gasteiger partial charge is 0.353 e. The third kappa shape index (κ3) is 5.43. The molecule has 4 rings (SSSR count). The Bertz CT molecular complexity index is 1300. The van der Waals surface area contributed by atoms with Crippen LogP contribution in [0.3, 0.4) is 0 Å². The number of benzene rings is 2. The lowest BCUT2D eigenvalue weighted by Crippen LogP contribution is -2.47. The first-order chi connectivity index (χ1) is 16.7. The van der Waals surface area contributed by atoms with Crippen LogP contribution in [0.5, 0.6) is 0 Å². The smallest absolute Gasteiger partial charge is 0.293 e. The van der Waals surface area contributed by atoms with E-state index < -0.39 is 43.8 Å². The lowest BCUT2D eigenvalue weighted by Gasteiger charge is -2.24. The van der Waals surface area contributed by atoms with E-state index in [4.69, 9.17) is 11.6 Å². The maximum Gasteiger partial charge on any atom is 0.293 e. The van der Waals surface area contributed by atoms with Crippen LogP contribution in [0.2, 0.25) is 5.02 Å². The molecule has 0 saturated carbocycles. The second-order valence-corrected chi connectivity index (χ2v) is 11.2. The maximum absolute atomic E-state index is 14.1. The van der Waals surface area contributed by atoms with Crippen molar-refractivity contribution < 1.29 is 27.2 Å². The number of imide groups is 1. The van der Waals surface area contributed by atoms with Crippen molar-refractivity contribution in [2.24, 2.45) is 0 Å². The molecular weight excluding hydrogens is 517 g/mol. The molecule has 1 atom stereocenters. The van der Waals surface area contributed by atoms with Crippen molar-refractivity contribution >= 4 is 56.5 Å². The van der Waals surface area contributed by atoms with Crippen molar-refractivity contribution in [2.45, 2.75) is 23.8 Å². The Morgan fingerprint density at radius 3 is 2.60 bits per heavy atom. The van der Waals surface area contributed by atoms with Gasteiger partial charge in [-0.15, -0.1) is 0 Å². The monoisotopic (exact) mass is 537 g/mol. The highest BCUT2D eigenvalue weighted by atomic mass is 35.5. The highest BCUT2D eigenvalue weighted by molar-refractivity contribution is 8.18. The summed E-state index contributed by atoms with van der Waals surface area (Å²) in [5, 5.41) is 2.69. The number of hydrogen-bond donors (Lipinski definition) is 1. The first-order valence-corrected chi connectivity index (χ1v) is 13.4. The van der Waals surface area contributed by atoms with Gasteiger partial charge in [0.05, 0.1) is 4.91 Å². The van der Waals surface area contributed by atoms with Crippen LogP contribution in [0.15, 0.2) is 58.3 Å². The number of carbonyl (C=O) groups excluding carboxylic acids is 3. The molecule has 0 aromatic heterocycles. The molecule has 2 aliphatic rings. The van der Waals surface area contributed by atoms with Crippen molar-refractivity contribution in [1.29, 1.82) is 0 Å². The van der Waals surface area contributed by atoms with E-state index in [1.807, 2.05) is 0 Å². The quantitative estimate of drug-likeness (QED) is 0.542. The first-order valence-electron chi connectivity index (χ1n) is 10.7. The highest BCUT2D eigenvalue weighted by Gasteiger charge is 2.40. The number of nitrogens with zero attached hydrogens (tertiary/aromatic N) is 2. The number of sulfonamides is 1. The fraction of sp³-hybridized carbons (Fsp3) is 0.261. The molecule has 184 valence electrons. The minimum atomic E-state index is -4.20. The number of hydrogen-bond acceptors (Lipinski definition) is 6. The Morgan fingerprint density at radius 2 is 1.89 bits per heavy atom. The van der Waals surface area contributed by atoms with Gasteiger partial charge in [0.15, 0.2) is 0 Å². The van der Waals surface area contributed by atoms with Gasteiger partial charge >= 0.3 is 0 Å². The van der Waals surface area contributed by atoms with Crippen molar-refractivity contribution in [2.75, 3.05) is 19.6 Å². The zero-order valence-corrected chi connectivity index (χ0v) is 20.7. The molecule has 0 bridgehead atoms. The molecule has 2 saturated heterocycles. The van der Waals surface area contributed by atoms with Crippen LogP contribution in [0.25, 0.3) is 6.08 Å². The van der Waals surface area contributed by atoms with E-state index in [-0.39, 0.29) is 31.0 Å². The third-order valence-electron chi connectivity index (χ3n) is 5.61. The van der Waals surface area contributed by atoms with Gasteiger partial charge in [-0.1, -0.05) is 35.9 Å². The van der Waals surface area contributed by atoms with Crippen LogP contribution in [0, 0.1) is 5.82 Å². The van der Waals surface area contributed by atoms with Crippen LogP contribution in [-0.2, 0) is 19.6 Å². The molecule has 2 heterocycles. The summed E-state index contributed by atoms with van der Waals surface area (Å²) in [6.45, 7) is -0.0241. The predicted molar refractivity (Wildman–Crippen MR) is 130 cm³/mol. The molecule has 0 spiro atoms. The van der Waals surface area contributed by atoms with Crippen LogP contribution < -0.4 is 5.32 Å². The molecule has 0 radical (unpaired) electrons. The summed E-state index contributed by atoms with van der Waals surface area (Å²) in [6.07, 6.45) is 2.32. The van der Waals surface area contributed by atoms with Gasteiger partial charge in [-0.25, -0.2) is 12.8 Å². The zero-order valence-electron chi connectivity index (χ0n) is 18.3. The Morgan fingerprint density at radius 1 is 1.17 bits per heavy atom. The number of thioether (sulfide) groups is 1. The third-order valence-corrected chi connectivity index (χ3v) is 8.71. The number of amides is 3. The van der Waals surface area contributed by atoms with Gasteiger partial charge in [-0.2, -0.15) is 4.31 Å². The minimum absolute atomic E-state index is 0.0464. The molecule has 2 fully saturated rings. The number of rotatable bonds is 7. The number of carbonyl (C=O) groups is 3. The normalized spacial score (nSPS) is 20.1. The van der Waals surface area contributed by atoms with Crippen LogP contribution in [0.4, 0.5) is 9.18 Å². The van der Waals surface area contributed by atoms with E-state index in [1.165, 1.54) is 12.1 Å². The molecule has 3 amide bonds. The van der Waals surface area contributed by atoms with Crippen LogP contribution >= 0.6 is 23.4 Å². The lowest BCUT2D eigenvalue weighted by atomic mass is 10.2. The van der Waals surface area contributed by atoms with E-state index in [0.717, 1.165) is 33.1 Å². The van der Waals surface area contributed by atoms with Crippen molar-refractivity contribution in [1.82, 2.24) is 14.5 Å². The summed E-state index contributed by atoms with van der Waals surface area (Å²) in [4.78, 5) is 38.5. The van der Waals surface area contributed by atoms with Crippen LogP contribution in [-0.4, -0.2) is 60.4 Å². The van der Waals surface area contributed by atoms with Gasteiger partial charge in [0.25, 0.3) is 11.1 Å². The molecular formula is C23H21ClFN3O5S2. The molecule has 1 N–H and O–H groups in total. The Balaban J connectivity index is 1.37. The second-order valence-electron chi connectivity index (χ2n) is 7.88. The lowest BCUT2D eigenvalue weighted by molar-refractivity contribution is -0.125. The van der Waals surface area contributed by atoms with E-state index in [2.05, 4.69) is 5.32 Å². The van der Waals surface area contributed by atoms with Crippen LogP contribution in [0.1, 0.15) is 18.4 Å². The Hall–Kier alpha value is -2.73. The maximum atomic E-state index is 14.1. The Labute approximate surface area is 211 Å². The summed E-state index contributed by atoms with van der Waals surface area (Å²) < 4.78 is 41.0. The molecule has 2 aromatic rings. The number of halogens is 2. The topological polar surface area (TPSA) is 104 Å². The summed E-state index contributed by atoms with van der Waals surface area (Å²) in [6, 6.07) is 10.8. The summed E-state index contributed by atoms with van der Waals surface area (Å²) in [5.41, 5.74) is 0.714. The van der Waals surface area contributed by atoms with Gasteiger partial charge in [-0.3, -0.25) is 19.3 Å². The molecule has 0 aliphatic carbocycles. The van der Waals surface area contributed by atoms with Gasteiger partial charge < -0.3 is 5.32 Å². The Kier molecular flexibility index (Phi) is 7.60. The molecule has 2 aliphatic heterocycles. The minimum Gasteiger partial charge on any atom is -0.353 e. The van der Waals surface area contributed by atoms with E-state index >= 15 is 0 Å². The summed E-state index contributed by atoms with van der Waals surface area (Å²) in [7, 11) is -4.20. The second kappa shape index (κ2) is 10.5. The fourth-order valence-electron chi connectivity index (χ4n) is 3.88. The molecule has 35 heavy (non-hydrogen) atoms. The SMILES string of the molecule is O=C(NCCN1C(=O)S/C(=C/c2ccc(Cl)cc2)C1=O)[C@@H]1CCCN1S(=O)(=O)c1ccccc1F. The molecule has 8 nitrogen and oxygen atoms in total. The van der Waals surface area contributed by atoms with E-state index in [0.29, 0.717) is 17.0 Å². The van der Waals surface area contributed by atoms with Crippen molar-refractivity contribution in [3.05, 3.63) is 69.8 Å². The standard InChI is InChI=1S/C23H21ClFN3O5S2/c24-16-9-7-15(8-10-16)14-19-22(30)27(23(31)34-19)13-11-26-21(29)18-5-3-12-28(18)35(32,33)20-6-2-1-4-17(20)25/h1-2,4,6-10,14,18H,3,5,11-13H2,(H,26,29)/b19-14+/t18-/m0/s1. The molecule has 0 unspecified atom stereocenters. The fourth-order valence-corrected chi connectivity index (χ4v) is 6.60. The van der Waals surface area contributed by atoms with Crippen molar-refractivity contribution in [3.63, 3.8) is 0 Å². The van der Waals surface area contributed by atoms with Gasteiger partial charge in [-0.05, 0) is 60.5 Å². The zero-order chi connectivity index (χ0) is 25.2. The first kappa shape index (κ1) is 25.4. The van der Waals surface area contributed by atoms with Gasteiger partial charge in [0, 0.05) is 24.7 Å². The molecule has 2 aromatic carbocycles. The van der Waals surface area contributed by atoms with Gasteiger partial charge in [0.2, 0.25) is 15.9 Å². The average Bonchev–Trinajstić information content (AvgIpc) is 3.42. The molecule has 12 heteroatoms. The summed E-state index contributed by atoms with van der Waals surface area (Å²) >= 11 is 6.66. The summed E-state index contributed by atoms with van der Waals surface area (Å²) in [5.74, 6) is -1.93. The van der Waals surface area contributed by atoms with Crippen molar-refractivity contribution in [3.8, 4) is 0 Å². The predicted octanol–water partition coefficient (Wildman–Crippen LogP) is 3.48. The average molecular weight is 538 g/mol. The van der Waals surface area contributed by atoms with Gasteiger partial charge in [0.1, 0.15) is 16.8 Å². The van der Waals surface area contributed by atoms with E-state index in [9.17, 15) is 27.2 Å². The number of nitrogens with one attached hydrogen (secondary N) is 1. The highest BCUT2D eigenvalue weighted by Crippen LogP contribution is 2.32. The van der Waals surface area contributed by atoms with E-state index in [1.54, 1.807) is 30.3 Å².